The molecule has 0 amide bonds. The number of anilines is 1. The largest absolute Gasteiger partial charge is 0.497 e. The highest BCUT2D eigenvalue weighted by Crippen LogP contribution is 2.23. The molecule has 1 aliphatic heterocycles. The zero-order valence-electron chi connectivity index (χ0n) is 12.1. The summed E-state index contributed by atoms with van der Waals surface area (Å²) >= 11 is 0. The molecule has 2 N–H and O–H groups in total. The Bertz CT molecular complexity index is 841. The van der Waals surface area contributed by atoms with Crippen molar-refractivity contribution < 1.29 is 27.2 Å². The third-order valence-electron chi connectivity index (χ3n) is 3.51. The number of methoxy groups -OCH3 is 1. The molecule has 0 saturated heterocycles. The van der Waals surface area contributed by atoms with E-state index < -0.39 is 23.0 Å². The van der Waals surface area contributed by atoms with E-state index in [1.807, 2.05) is 0 Å². The first-order chi connectivity index (χ1) is 10.9. The second-order valence-corrected chi connectivity index (χ2v) is 6.66. The molecule has 23 heavy (non-hydrogen) atoms. The van der Waals surface area contributed by atoms with Crippen LogP contribution in [-0.4, -0.2) is 27.7 Å². The molecule has 9 heteroatoms. The smallest absolute Gasteiger partial charge is 0.491 e. The summed E-state index contributed by atoms with van der Waals surface area (Å²) in [5, 5.41) is 9.63. The highest BCUT2D eigenvalue weighted by molar-refractivity contribution is 7.92. The summed E-state index contributed by atoms with van der Waals surface area (Å²) in [4.78, 5) is -0.0324. The maximum atomic E-state index is 14.1. The number of benzene rings is 2. The van der Waals surface area contributed by atoms with Gasteiger partial charge in [0.1, 0.15) is 11.6 Å². The average Bonchev–Trinajstić information content (AvgIpc) is 2.88. The maximum absolute atomic E-state index is 14.1. The van der Waals surface area contributed by atoms with Crippen molar-refractivity contribution in [1.29, 1.82) is 0 Å². The Labute approximate surface area is 133 Å². The van der Waals surface area contributed by atoms with Crippen LogP contribution in [0.3, 0.4) is 0 Å². The van der Waals surface area contributed by atoms with Crippen molar-refractivity contribution >= 4 is 28.3 Å². The van der Waals surface area contributed by atoms with Crippen molar-refractivity contribution in [3.63, 3.8) is 0 Å². The molecular formula is C14H13BFNO5S. The van der Waals surface area contributed by atoms with Crippen LogP contribution in [-0.2, 0) is 21.3 Å². The number of hydrogen-bond acceptors (Lipinski definition) is 5. The quantitative estimate of drug-likeness (QED) is 0.808. The molecule has 1 aliphatic rings. The number of nitrogens with one attached hydrogen (secondary N) is 1. The summed E-state index contributed by atoms with van der Waals surface area (Å²) in [5.74, 6) is -0.230. The van der Waals surface area contributed by atoms with Gasteiger partial charge in [0.2, 0.25) is 0 Å². The lowest BCUT2D eigenvalue weighted by molar-refractivity contribution is 0.275. The lowest BCUT2D eigenvalue weighted by Crippen LogP contribution is -2.29. The van der Waals surface area contributed by atoms with Crippen LogP contribution in [0.5, 0.6) is 5.75 Å². The Morgan fingerprint density at radius 1 is 1.30 bits per heavy atom. The Hall–Kier alpha value is -2.10. The first kappa shape index (κ1) is 15.8. The fraction of sp³-hybridized carbons (Fsp3) is 0.143. The Morgan fingerprint density at radius 3 is 2.65 bits per heavy atom. The average molecular weight is 337 g/mol. The van der Waals surface area contributed by atoms with E-state index >= 15 is 0 Å². The number of halogens is 1. The number of sulfonamides is 1. The molecule has 0 spiro atoms. The molecule has 2 aromatic rings. The molecule has 0 aromatic heterocycles. The number of fused-ring (bicyclic) bond motifs is 1. The van der Waals surface area contributed by atoms with Gasteiger partial charge in [0.25, 0.3) is 10.0 Å². The molecule has 120 valence electrons. The number of ether oxygens (including phenoxy) is 1. The zero-order chi connectivity index (χ0) is 16.6. The van der Waals surface area contributed by atoms with E-state index in [0.717, 1.165) is 6.07 Å². The van der Waals surface area contributed by atoms with Crippen LogP contribution in [0.15, 0.2) is 41.3 Å². The lowest BCUT2D eigenvalue weighted by Gasteiger charge is -2.11. The minimum Gasteiger partial charge on any atom is -0.497 e. The highest BCUT2D eigenvalue weighted by Gasteiger charge is 2.29. The van der Waals surface area contributed by atoms with Crippen LogP contribution >= 0.6 is 0 Å². The molecule has 0 saturated carbocycles. The van der Waals surface area contributed by atoms with Crippen molar-refractivity contribution in [2.75, 3.05) is 11.8 Å². The van der Waals surface area contributed by atoms with Gasteiger partial charge in [-0.05, 0) is 47.4 Å². The molecule has 0 fully saturated rings. The standard InChI is InChI=1S/C14H13BFNO5S/c1-21-10-2-4-11(5-3-10)23(19,20)17-14-7-12-9(6-13(14)16)8-22-15(12)18/h2-7,17-18H,8H2,1H3. The van der Waals surface area contributed by atoms with Gasteiger partial charge in [0.05, 0.1) is 24.3 Å². The first-order valence-electron chi connectivity index (χ1n) is 6.69. The van der Waals surface area contributed by atoms with Crippen molar-refractivity contribution in [2.45, 2.75) is 11.5 Å². The van der Waals surface area contributed by atoms with Crippen LogP contribution in [0.4, 0.5) is 10.1 Å². The third kappa shape index (κ3) is 3.03. The molecule has 0 atom stereocenters. The molecule has 0 bridgehead atoms. The Morgan fingerprint density at radius 2 is 2.00 bits per heavy atom. The third-order valence-corrected chi connectivity index (χ3v) is 4.89. The first-order valence-corrected chi connectivity index (χ1v) is 8.18. The van der Waals surface area contributed by atoms with E-state index in [1.54, 1.807) is 0 Å². The van der Waals surface area contributed by atoms with E-state index in [1.165, 1.54) is 37.4 Å². The molecule has 0 unspecified atom stereocenters. The van der Waals surface area contributed by atoms with E-state index in [4.69, 9.17) is 9.39 Å². The van der Waals surface area contributed by atoms with Crippen LogP contribution < -0.4 is 14.9 Å². The number of hydrogen-bond donors (Lipinski definition) is 2. The van der Waals surface area contributed by atoms with Crippen molar-refractivity contribution in [2.24, 2.45) is 0 Å². The molecule has 3 rings (SSSR count). The van der Waals surface area contributed by atoms with E-state index in [0.29, 0.717) is 16.8 Å². The maximum Gasteiger partial charge on any atom is 0.491 e. The van der Waals surface area contributed by atoms with Gasteiger partial charge in [-0.2, -0.15) is 0 Å². The van der Waals surface area contributed by atoms with Gasteiger partial charge in [0, 0.05) is 0 Å². The highest BCUT2D eigenvalue weighted by atomic mass is 32.2. The zero-order valence-corrected chi connectivity index (χ0v) is 12.9. The minimum absolute atomic E-state index is 0.0324. The van der Waals surface area contributed by atoms with Crippen molar-refractivity contribution in [1.82, 2.24) is 0 Å². The fourth-order valence-electron chi connectivity index (χ4n) is 2.28. The van der Waals surface area contributed by atoms with Gasteiger partial charge in [-0.1, -0.05) is 0 Å². The molecule has 2 aromatic carbocycles. The predicted octanol–water partition coefficient (Wildman–Crippen LogP) is 0.853. The Kier molecular flexibility index (Phi) is 4.01. The van der Waals surface area contributed by atoms with Crippen LogP contribution in [0, 0.1) is 5.82 Å². The second kappa shape index (κ2) is 5.84. The van der Waals surface area contributed by atoms with E-state index in [-0.39, 0.29) is 17.2 Å². The van der Waals surface area contributed by atoms with Gasteiger partial charge < -0.3 is 14.4 Å². The summed E-state index contributed by atoms with van der Waals surface area (Å²) in [6, 6.07) is 8.08. The summed E-state index contributed by atoms with van der Waals surface area (Å²) in [5.41, 5.74) is 0.588. The van der Waals surface area contributed by atoms with Gasteiger partial charge >= 0.3 is 7.12 Å². The minimum atomic E-state index is -3.96. The van der Waals surface area contributed by atoms with Gasteiger partial charge in [-0.25, -0.2) is 12.8 Å². The fourth-order valence-corrected chi connectivity index (χ4v) is 3.34. The van der Waals surface area contributed by atoms with E-state index in [2.05, 4.69) is 4.72 Å². The molecule has 0 radical (unpaired) electrons. The Balaban J connectivity index is 1.92. The topological polar surface area (TPSA) is 84.9 Å². The second-order valence-electron chi connectivity index (χ2n) is 4.98. The van der Waals surface area contributed by atoms with Gasteiger partial charge in [-0.3, -0.25) is 4.72 Å². The summed E-state index contributed by atoms with van der Waals surface area (Å²) in [6.45, 7) is 0.0823. The monoisotopic (exact) mass is 337 g/mol. The molecule has 1 heterocycles. The normalized spacial score (nSPS) is 13.8. The molecule has 0 aliphatic carbocycles. The van der Waals surface area contributed by atoms with Gasteiger partial charge in [0.15, 0.2) is 0 Å². The van der Waals surface area contributed by atoms with E-state index in [9.17, 15) is 17.8 Å². The van der Waals surface area contributed by atoms with Crippen molar-refractivity contribution in [3.8, 4) is 5.75 Å². The molecular weight excluding hydrogens is 324 g/mol. The number of rotatable bonds is 4. The van der Waals surface area contributed by atoms with Gasteiger partial charge in [-0.15, -0.1) is 0 Å². The van der Waals surface area contributed by atoms with Crippen molar-refractivity contribution in [3.05, 3.63) is 47.8 Å². The predicted molar refractivity (Wildman–Crippen MR) is 82.6 cm³/mol. The molecule has 6 nitrogen and oxygen atoms in total. The SMILES string of the molecule is COc1ccc(S(=O)(=O)Nc2cc3c(cc2F)COB3O)cc1. The van der Waals surface area contributed by atoms with Crippen LogP contribution in [0.1, 0.15) is 5.56 Å². The summed E-state index contributed by atoms with van der Waals surface area (Å²) in [7, 11) is -3.68. The lowest BCUT2D eigenvalue weighted by atomic mass is 9.79. The van der Waals surface area contributed by atoms with Crippen LogP contribution in [0.25, 0.3) is 0 Å². The van der Waals surface area contributed by atoms with Crippen LogP contribution in [0.2, 0.25) is 0 Å². The summed E-state index contributed by atoms with van der Waals surface area (Å²) < 4.78 is 50.8. The summed E-state index contributed by atoms with van der Waals surface area (Å²) in [6.07, 6.45) is 0.